The number of benzene rings is 1. The van der Waals surface area contributed by atoms with E-state index in [1.807, 2.05) is 6.07 Å². The van der Waals surface area contributed by atoms with Crippen LogP contribution in [0.15, 0.2) is 29.1 Å². The van der Waals surface area contributed by atoms with Crippen LogP contribution in [0.3, 0.4) is 0 Å². The van der Waals surface area contributed by atoms with Gasteiger partial charge in [0.2, 0.25) is 5.43 Å². The highest BCUT2D eigenvalue weighted by atomic mass is 32.1. The largest absolute Gasteiger partial charge is 0.465 e. The summed E-state index contributed by atoms with van der Waals surface area (Å²) in [6.45, 7) is 0. The Morgan fingerprint density at radius 2 is 2.06 bits per heavy atom. The highest BCUT2D eigenvalue weighted by Crippen LogP contribution is 2.24. The smallest absolute Gasteiger partial charge is 0.344 e. The summed E-state index contributed by atoms with van der Waals surface area (Å²) < 4.78 is 5.30. The van der Waals surface area contributed by atoms with Crippen molar-refractivity contribution in [3.8, 4) is 0 Å². The van der Waals surface area contributed by atoms with Gasteiger partial charge in [0.25, 0.3) is 0 Å². The van der Waals surface area contributed by atoms with Crippen LogP contribution in [0, 0.1) is 0 Å². The van der Waals surface area contributed by atoms with Gasteiger partial charge in [-0.25, -0.2) is 4.79 Å². The van der Waals surface area contributed by atoms with Gasteiger partial charge in [-0.3, -0.25) is 4.79 Å². The van der Waals surface area contributed by atoms with Gasteiger partial charge in [0, 0.05) is 10.1 Å². The Morgan fingerprint density at radius 1 is 1.38 bits per heavy atom. The highest BCUT2D eigenvalue weighted by Gasteiger charge is 2.17. The molecule has 0 aliphatic heterocycles. The summed E-state index contributed by atoms with van der Waals surface area (Å²) in [7, 11) is 1.22. The van der Waals surface area contributed by atoms with E-state index in [4.69, 9.17) is 5.73 Å². The zero-order valence-electron chi connectivity index (χ0n) is 8.52. The van der Waals surface area contributed by atoms with E-state index in [1.165, 1.54) is 18.4 Å². The second-order valence-electron chi connectivity index (χ2n) is 3.16. The number of carbonyl (C=O) groups is 1. The molecule has 2 rings (SSSR count). The van der Waals surface area contributed by atoms with Crippen molar-refractivity contribution in [1.82, 2.24) is 0 Å². The number of hydrogen-bond acceptors (Lipinski definition) is 5. The molecule has 5 heteroatoms. The Hall–Kier alpha value is -1.88. The van der Waals surface area contributed by atoms with Gasteiger partial charge in [0.1, 0.15) is 10.6 Å². The van der Waals surface area contributed by atoms with Crippen LogP contribution in [0.2, 0.25) is 0 Å². The van der Waals surface area contributed by atoms with Crippen LogP contribution in [-0.2, 0) is 4.74 Å². The van der Waals surface area contributed by atoms with Crippen LogP contribution in [0.25, 0.3) is 10.1 Å². The molecule has 0 amide bonds. The molecular weight excluding hydrogens is 226 g/mol. The lowest BCUT2D eigenvalue weighted by molar-refractivity contribution is 0.0601. The summed E-state index contributed by atoms with van der Waals surface area (Å²) in [4.78, 5) is 23.4. The van der Waals surface area contributed by atoms with E-state index in [0.29, 0.717) is 5.39 Å². The second-order valence-corrected chi connectivity index (χ2v) is 4.24. The van der Waals surface area contributed by atoms with E-state index in [0.717, 1.165) is 4.70 Å². The molecule has 0 atom stereocenters. The molecule has 0 fully saturated rings. The van der Waals surface area contributed by atoms with Crippen molar-refractivity contribution in [2.75, 3.05) is 12.8 Å². The monoisotopic (exact) mass is 235 g/mol. The van der Waals surface area contributed by atoms with E-state index in [-0.39, 0.29) is 16.0 Å². The van der Waals surface area contributed by atoms with Gasteiger partial charge in [-0.2, -0.15) is 0 Å². The molecule has 2 N–H and O–H groups in total. The fraction of sp³-hybridized carbons (Fsp3) is 0.0909. The summed E-state index contributed by atoms with van der Waals surface area (Å²) in [5.74, 6) is -0.690. The molecule has 0 spiro atoms. The first-order valence-electron chi connectivity index (χ1n) is 4.54. The molecule has 0 saturated heterocycles. The van der Waals surface area contributed by atoms with Gasteiger partial charge >= 0.3 is 5.97 Å². The number of fused-ring (bicyclic) bond motifs is 1. The number of hydrogen-bond donors (Lipinski definition) is 1. The summed E-state index contributed by atoms with van der Waals surface area (Å²) in [5, 5.41) is 0.678. The number of carbonyl (C=O) groups excluding carboxylic acids is 1. The fourth-order valence-electron chi connectivity index (χ4n) is 1.45. The minimum atomic E-state index is -0.690. The molecular formula is C11H9NO3S. The summed E-state index contributed by atoms with van der Waals surface area (Å²) in [6, 6.07) is 7.02. The van der Waals surface area contributed by atoms with Gasteiger partial charge in [0.05, 0.1) is 7.11 Å². The van der Waals surface area contributed by atoms with Crippen molar-refractivity contribution in [2.45, 2.75) is 0 Å². The minimum Gasteiger partial charge on any atom is -0.465 e. The first-order chi connectivity index (χ1) is 7.65. The Labute approximate surface area is 95.3 Å². The number of nitrogens with two attached hydrogens (primary N) is 1. The summed E-state index contributed by atoms with van der Waals surface area (Å²) >= 11 is 1.20. The molecule has 1 aromatic heterocycles. The third kappa shape index (κ3) is 1.55. The van der Waals surface area contributed by atoms with Crippen LogP contribution in [-0.4, -0.2) is 13.1 Å². The standard InChI is InChI=1S/C11H9NO3S/c1-15-11(14)8-9(13)6-4-2-3-5-7(6)16-10(8)12/h2-5H,12H2,1H3. The summed E-state index contributed by atoms with van der Waals surface area (Å²) in [5.41, 5.74) is 5.23. The minimum absolute atomic E-state index is 0.0776. The van der Waals surface area contributed by atoms with E-state index in [2.05, 4.69) is 4.74 Å². The lowest BCUT2D eigenvalue weighted by atomic mass is 10.2. The van der Waals surface area contributed by atoms with Crippen molar-refractivity contribution < 1.29 is 9.53 Å². The molecule has 4 nitrogen and oxygen atoms in total. The van der Waals surface area contributed by atoms with Crippen molar-refractivity contribution in [3.63, 3.8) is 0 Å². The number of anilines is 1. The van der Waals surface area contributed by atoms with E-state index >= 15 is 0 Å². The molecule has 0 aliphatic rings. The lowest BCUT2D eigenvalue weighted by Gasteiger charge is -2.03. The molecule has 1 heterocycles. The molecule has 2 aromatic rings. The van der Waals surface area contributed by atoms with E-state index in [9.17, 15) is 9.59 Å². The third-order valence-electron chi connectivity index (χ3n) is 2.21. The van der Waals surface area contributed by atoms with Crippen molar-refractivity contribution >= 4 is 32.4 Å². The zero-order chi connectivity index (χ0) is 11.7. The maximum atomic E-state index is 12.0. The molecule has 82 valence electrons. The third-order valence-corrected chi connectivity index (χ3v) is 3.21. The maximum Gasteiger partial charge on any atom is 0.344 e. The van der Waals surface area contributed by atoms with Gasteiger partial charge in [0.15, 0.2) is 0 Å². The highest BCUT2D eigenvalue weighted by molar-refractivity contribution is 7.22. The molecule has 0 unspecified atom stereocenters. The predicted octanol–water partition coefficient (Wildman–Crippen LogP) is 1.63. The van der Waals surface area contributed by atoms with E-state index in [1.54, 1.807) is 18.2 Å². The molecule has 0 saturated carbocycles. The molecule has 0 aliphatic carbocycles. The number of rotatable bonds is 1. The normalized spacial score (nSPS) is 10.3. The van der Waals surface area contributed by atoms with Gasteiger partial charge in [-0.15, -0.1) is 11.3 Å². The SMILES string of the molecule is COC(=O)c1c(N)sc2ccccc2c1=O. The number of methoxy groups -OCH3 is 1. The lowest BCUT2D eigenvalue weighted by Crippen LogP contribution is -2.18. The quantitative estimate of drug-likeness (QED) is 0.763. The second kappa shape index (κ2) is 3.94. The van der Waals surface area contributed by atoms with Crippen LogP contribution in [0.4, 0.5) is 5.00 Å². The van der Waals surface area contributed by atoms with Crippen molar-refractivity contribution in [1.29, 1.82) is 0 Å². The fourth-order valence-corrected chi connectivity index (χ4v) is 2.39. The van der Waals surface area contributed by atoms with Gasteiger partial charge in [-0.05, 0) is 12.1 Å². The average Bonchev–Trinajstić information content (AvgIpc) is 2.28. The van der Waals surface area contributed by atoms with Gasteiger partial charge in [-0.1, -0.05) is 12.1 Å². The Morgan fingerprint density at radius 3 is 2.75 bits per heavy atom. The zero-order valence-corrected chi connectivity index (χ0v) is 9.34. The van der Waals surface area contributed by atoms with Crippen LogP contribution >= 0.6 is 11.3 Å². The Bertz CT molecular complexity index is 618. The molecule has 16 heavy (non-hydrogen) atoms. The summed E-state index contributed by atoms with van der Waals surface area (Å²) in [6.07, 6.45) is 0. The first-order valence-corrected chi connectivity index (χ1v) is 5.36. The number of esters is 1. The number of nitrogen functional groups attached to an aromatic ring is 1. The van der Waals surface area contributed by atoms with Gasteiger partial charge < -0.3 is 10.5 Å². The Kier molecular flexibility index (Phi) is 2.62. The molecule has 0 radical (unpaired) electrons. The molecule has 1 aromatic carbocycles. The number of ether oxygens (including phenoxy) is 1. The first kappa shape index (κ1) is 10.6. The van der Waals surface area contributed by atoms with Crippen LogP contribution in [0.5, 0.6) is 0 Å². The topological polar surface area (TPSA) is 69.4 Å². The predicted molar refractivity (Wildman–Crippen MR) is 63.8 cm³/mol. The van der Waals surface area contributed by atoms with Crippen LogP contribution < -0.4 is 11.2 Å². The van der Waals surface area contributed by atoms with E-state index < -0.39 is 5.97 Å². The maximum absolute atomic E-state index is 12.0. The van der Waals surface area contributed by atoms with Crippen molar-refractivity contribution in [2.24, 2.45) is 0 Å². The Balaban J connectivity index is 2.86. The van der Waals surface area contributed by atoms with Crippen LogP contribution in [0.1, 0.15) is 10.4 Å². The molecule has 0 bridgehead atoms. The average molecular weight is 235 g/mol. The van der Waals surface area contributed by atoms with Crippen molar-refractivity contribution in [3.05, 3.63) is 40.1 Å².